The highest BCUT2D eigenvalue weighted by Crippen LogP contribution is 2.36. The van der Waals surface area contributed by atoms with Crippen LogP contribution in [0.15, 0.2) is 59.5 Å². The molecule has 0 spiro atoms. The molecule has 1 unspecified atom stereocenters. The first-order chi connectivity index (χ1) is 16.7. The smallest absolute Gasteiger partial charge is 0.304 e. The summed E-state index contributed by atoms with van der Waals surface area (Å²) in [7, 11) is -3.80. The van der Waals surface area contributed by atoms with E-state index in [4.69, 9.17) is 4.74 Å². The number of thiophene rings is 1. The van der Waals surface area contributed by atoms with E-state index in [0.717, 1.165) is 21.6 Å². The summed E-state index contributed by atoms with van der Waals surface area (Å²) in [4.78, 5) is 13.1. The third kappa shape index (κ3) is 5.25. The molecule has 0 saturated carbocycles. The highest BCUT2D eigenvalue weighted by atomic mass is 32.2. The monoisotopic (exact) mass is 510 g/mol. The number of nitrogens with zero attached hydrogens (tertiary/aromatic N) is 2. The van der Waals surface area contributed by atoms with E-state index in [2.05, 4.69) is 6.07 Å². The van der Waals surface area contributed by atoms with Crippen LogP contribution >= 0.6 is 11.3 Å². The van der Waals surface area contributed by atoms with E-state index >= 15 is 0 Å². The van der Waals surface area contributed by atoms with E-state index < -0.39 is 21.9 Å². The molecule has 0 radical (unpaired) electrons. The maximum Gasteiger partial charge on any atom is 0.304 e. The van der Waals surface area contributed by atoms with Crippen molar-refractivity contribution < 1.29 is 23.1 Å². The summed E-state index contributed by atoms with van der Waals surface area (Å²) in [6.45, 7) is 4.23. The molecule has 0 fully saturated rings. The fourth-order valence-electron chi connectivity index (χ4n) is 4.23. The molecular weight excluding hydrogens is 484 g/mol. The summed E-state index contributed by atoms with van der Waals surface area (Å²) in [5, 5.41) is 18.7. The van der Waals surface area contributed by atoms with Crippen LogP contribution in [0.4, 0.5) is 0 Å². The van der Waals surface area contributed by atoms with Crippen LogP contribution in [0.1, 0.15) is 52.1 Å². The second-order valence-corrected chi connectivity index (χ2v) is 11.6. The predicted octanol–water partition coefficient (Wildman–Crippen LogP) is 4.90. The highest BCUT2D eigenvalue weighted by Gasteiger charge is 2.34. The minimum absolute atomic E-state index is 0.130. The summed E-state index contributed by atoms with van der Waals surface area (Å²) in [5.74, 6) is -1.02. The minimum atomic E-state index is -3.80. The van der Waals surface area contributed by atoms with E-state index in [1.165, 1.54) is 15.6 Å². The Morgan fingerprint density at radius 2 is 2.03 bits per heavy atom. The number of para-hydroxylation sites is 1. The summed E-state index contributed by atoms with van der Waals surface area (Å²) < 4.78 is 34.6. The molecule has 2 aromatic carbocycles. The maximum atomic E-state index is 13.6. The lowest BCUT2D eigenvalue weighted by molar-refractivity contribution is -0.137. The van der Waals surface area contributed by atoms with Crippen molar-refractivity contribution in [1.29, 1.82) is 5.26 Å². The van der Waals surface area contributed by atoms with Crippen molar-refractivity contribution in [2.24, 2.45) is 0 Å². The Bertz CT molecular complexity index is 1390. The maximum absolute atomic E-state index is 13.6. The van der Waals surface area contributed by atoms with E-state index in [9.17, 15) is 23.6 Å². The first-order valence-electron chi connectivity index (χ1n) is 11.3. The Morgan fingerprint density at radius 3 is 2.71 bits per heavy atom. The first-order valence-corrected chi connectivity index (χ1v) is 13.6. The first kappa shape index (κ1) is 24.9. The number of aryl methyl sites for hydroxylation is 1. The fourth-order valence-corrected chi connectivity index (χ4v) is 6.73. The van der Waals surface area contributed by atoms with Crippen molar-refractivity contribution in [2.45, 2.75) is 50.2 Å². The van der Waals surface area contributed by atoms with Crippen LogP contribution in [0.5, 0.6) is 5.75 Å². The number of fused-ring (bicyclic) bond motifs is 1. The van der Waals surface area contributed by atoms with Gasteiger partial charge in [-0.25, -0.2) is 8.42 Å². The van der Waals surface area contributed by atoms with E-state index in [1.807, 2.05) is 32.0 Å². The van der Waals surface area contributed by atoms with E-state index in [-0.39, 0.29) is 30.5 Å². The van der Waals surface area contributed by atoms with Gasteiger partial charge >= 0.3 is 5.97 Å². The second kappa shape index (κ2) is 10.2. The number of carboxylic acid groups (broad SMARTS) is 1. The topological polar surface area (TPSA) is 108 Å². The number of rotatable bonds is 7. The lowest BCUT2D eigenvalue weighted by Gasteiger charge is -2.24. The molecule has 4 rings (SSSR count). The van der Waals surface area contributed by atoms with Gasteiger partial charge in [-0.3, -0.25) is 4.79 Å². The van der Waals surface area contributed by atoms with Crippen molar-refractivity contribution >= 4 is 27.3 Å². The summed E-state index contributed by atoms with van der Waals surface area (Å²) in [6, 6.07) is 17.9. The lowest BCUT2D eigenvalue weighted by Crippen LogP contribution is -2.36. The predicted molar refractivity (Wildman–Crippen MR) is 133 cm³/mol. The molecule has 2 atom stereocenters. The third-order valence-electron chi connectivity index (χ3n) is 6.20. The number of nitriles is 1. The number of carbonyl (C=O) groups is 1. The molecule has 1 aliphatic rings. The third-order valence-corrected chi connectivity index (χ3v) is 9.16. The Labute approximate surface area is 209 Å². The lowest BCUT2D eigenvalue weighted by atomic mass is 9.91. The molecule has 0 bridgehead atoms. The van der Waals surface area contributed by atoms with Crippen LogP contribution in [0.2, 0.25) is 0 Å². The van der Waals surface area contributed by atoms with Crippen molar-refractivity contribution in [1.82, 2.24) is 4.31 Å². The number of hydrogen-bond acceptors (Lipinski definition) is 6. The van der Waals surface area contributed by atoms with Gasteiger partial charge in [0.15, 0.2) is 0 Å². The molecule has 2 heterocycles. The molecule has 0 saturated heterocycles. The number of benzene rings is 2. The van der Waals surface area contributed by atoms with Crippen LogP contribution < -0.4 is 4.74 Å². The molecule has 9 heteroatoms. The van der Waals surface area contributed by atoms with Gasteiger partial charge in [-0.05, 0) is 54.3 Å². The molecule has 0 aliphatic carbocycles. The Hall–Kier alpha value is -3.19. The Kier molecular flexibility index (Phi) is 7.26. The van der Waals surface area contributed by atoms with Gasteiger partial charge in [0.25, 0.3) is 0 Å². The Balaban J connectivity index is 1.73. The number of aliphatic carboxylic acids is 1. The van der Waals surface area contributed by atoms with Crippen LogP contribution in [0.25, 0.3) is 0 Å². The van der Waals surface area contributed by atoms with Crippen LogP contribution in [0, 0.1) is 18.3 Å². The van der Waals surface area contributed by atoms with Gasteiger partial charge in [-0.1, -0.05) is 37.3 Å². The minimum Gasteiger partial charge on any atom is -0.488 e. The van der Waals surface area contributed by atoms with Gasteiger partial charge in [-0.2, -0.15) is 9.57 Å². The summed E-state index contributed by atoms with van der Waals surface area (Å²) in [5.41, 5.74) is 2.48. The number of sulfonamides is 1. The molecule has 35 heavy (non-hydrogen) atoms. The average Bonchev–Trinajstić information content (AvgIpc) is 3.28. The molecule has 7 nitrogen and oxygen atoms in total. The van der Waals surface area contributed by atoms with Gasteiger partial charge in [-0.15, -0.1) is 11.3 Å². The molecule has 1 N–H and O–H groups in total. The van der Waals surface area contributed by atoms with Crippen molar-refractivity contribution in [3.05, 3.63) is 81.0 Å². The zero-order chi connectivity index (χ0) is 25.2. The standard InChI is InChI=1S/C26H26N2O5S2/c1-3-20-16-28(35(31,32)25-7-5-4-6-23(25)33-20)15-19-12-18(9-8-17(19)2)22(13-26(29)30)24-11-10-21(14-27)34-24/h4-12,20,22H,3,13,15-16H2,1-2H3,(H,29,30)/t20-,22?/m1/s1. The molecule has 3 aromatic rings. The largest absolute Gasteiger partial charge is 0.488 e. The van der Waals surface area contributed by atoms with Crippen molar-refractivity contribution in [3.63, 3.8) is 0 Å². The number of ether oxygens (including phenoxy) is 1. The van der Waals surface area contributed by atoms with E-state index in [1.54, 1.807) is 36.4 Å². The molecule has 0 amide bonds. The SMILES string of the molecule is CC[C@@H]1CN(Cc2cc(C(CC(=O)O)c3ccc(C#N)s3)ccc2C)S(=O)(=O)c2ccccc2O1. The Morgan fingerprint density at radius 1 is 1.26 bits per heavy atom. The van der Waals surface area contributed by atoms with Crippen LogP contribution in [-0.4, -0.2) is 36.4 Å². The molecule has 182 valence electrons. The zero-order valence-electron chi connectivity index (χ0n) is 19.5. The van der Waals surface area contributed by atoms with Crippen molar-refractivity contribution in [2.75, 3.05) is 6.54 Å². The van der Waals surface area contributed by atoms with Gasteiger partial charge < -0.3 is 9.84 Å². The van der Waals surface area contributed by atoms with Crippen LogP contribution in [-0.2, 0) is 21.4 Å². The number of hydrogen-bond donors (Lipinski definition) is 1. The van der Waals surface area contributed by atoms with Gasteiger partial charge in [0.2, 0.25) is 10.0 Å². The molecule has 1 aliphatic heterocycles. The molecule has 1 aromatic heterocycles. The quantitative estimate of drug-likeness (QED) is 0.485. The number of carboxylic acids is 1. The van der Waals surface area contributed by atoms with E-state index in [0.29, 0.717) is 17.0 Å². The summed E-state index contributed by atoms with van der Waals surface area (Å²) in [6.07, 6.45) is 0.237. The van der Waals surface area contributed by atoms with Gasteiger partial charge in [0.05, 0.1) is 13.0 Å². The van der Waals surface area contributed by atoms with Crippen molar-refractivity contribution in [3.8, 4) is 11.8 Å². The zero-order valence-corrected chi connectivity index (χ0v) is 21.1. The van der Waals surface area contributed by atoms with Gasteiger partial charge in [0.1, 0.15) is 27.7 Å². The van der Waals surface area contributed by atoms with Gasteiger partial charge in [0, 0.05) is 17.3 Å². The normalized spacial score (nSPS) is 18.0. The highest BCUT2D eigenvalue weighted by molar-refractivity contribution is 7.89. The molecular formula is C26H26N2O5S2. The summed E-state index contributed by atoms with van der Waals surface area (Å²) >= 11 is 1.27. The van der Waals surface area contributed by atoms with Crippen LogP contribution in [0.3, 0.4) is 0 Å². The average molecular weight is 511 g/mol. The second-order valence-electron chi connectivity index (χ2n) is 8.54. The fraction of sp³-hybridized carbons (Fsp3) is 0.308.